The lowest BCUT2D eigenvalue weighted by molar-refractivity contribution is 0.438. The van der Waals surface area contributed by atoms with Crippen LogP contribution in [0.2, 0.25) is 0 Å². The molecule has 0 heterocycles. The maximum Gasteiger partial charge on any atom is 0.0194 e. The van der Waals surface area contributed by atoms with Gasteiger partial charge in [0.2, 0.25) is 0 Å². The van der Waals surface area contributed by atoms with Crippen LogP contribution in [0.4, 0.5) is 0 Å². The highest BCUT2D eigenvalue weighted by atomic mass is 79.9. The third-order valence-electron chi connectivity index (χ3n) is 2.91. The Morgan fingerprint density at radius 1 is 1.07 bits per heavy atom. The second-order valence-electron chi connectivity index (χ2n) is 4.69. The van der Waals surface area contributed by atoms with Gasteiger partial charge in [0.25, 0.3) is 0 Å². The molecular weight excluding hydrogens is 248 g/mol. The summed E-state index contributed by atoms with van der Waals surface area (Å²) in [7, 11) is 0. The van der Waals surface area contributed by atoms with Crippen LogP contribution in [-0.2, 0) is 6.42 Å². The van der Waals surface area contributed by atoms with Crippen LogP contribution < -0.4 is 0 Å². The van der Waals surface area contributed by atoms with Crippen LogP contribution in [-0.4, -0.2) is 4.83 Å². The van der Waals surface area contributed by atoms with Crippen LogP contribution >= 0.6 is 15.9 Å². The van der Waals surface area contributed by atoms with Crippen molar-refractivity contribution in [2.24, 2.45) is 11.8 Å². The standard InChI is InChI=1S/C14H21Br/c1-11(2)14(15)12(3)9-10-13-7-5-4-6-8-13/h4-8,11-12,14H,9-10H2,1-3H3. The lowest BCUT2D eigenvalue weighted by Crippen LogP contribution is -2.17. The number of benzene rings is 1. The van der Waals surface area contributed by atoms with Gasteiger partial charge in [0.05, 0.1) is 0 Å². The summed E-state index contributed by atoms with van der Waals surface area (Å²) < 4.78 is 0. The molecule has 2 atom stereocenters. The molecule has 0 spiro atoms. The van der Waals surface area contributed by atoms with E-state index in [1.165, 1.54) is 18.4 Å². The van der Waals surface area contributed by atoms with Crippen molar-refractivity contribution in [3.05, 3.63) is 35.9 Å². The third kappa shape index (κ3) is 4.38. The van der Waals surface area contributed by atoms with E-state index in [4.69, 9.17) is 0 Å². The second-order valence-corrected chi connectivity index (χ2v) is 5.75. The molecule has 0 fully saturated rings. The Morgan fingerprint density at radius 3 is 2.20 bits per heavy atom. The largest absolute Gasteiger partial charge is 0.0885 e. The number of hydrogen-bond acceptors (Lipinski definition) is 0. The molecule has 84 valence electrons. The summed E-state index contributed by atoms with van der Waals surface area (Å²) in [5.41, 5.74) is 1.45. The van der Waals surface area contributed by atoms with Crippen molar-refractivity contribution >= 4 is 15.9 Å². The van der Waals surface area contributed by atoms with Crippen LogP contribution in [0.25, 0.3) is 0 Å². The van der Waals surface area contributed by atoms with Crippen molar-refractivity contribution in [1.82, 2.24) is 0 Å². The van der Waals surface area contributed by atoms with E-state index in [2.05, 4.69) is 67.0 Å². The smallest absolute Gasteiger partial charge is 0.0194 e. The Morgan fingerprint density at radius 2 is 1.67 bits per heavy atom. The van der Waals surface area contributed by atoms with Crippen LogP contribution in [0.5, 0.6) is 0 Å². The molecule has 0 saturated carbocycles. The molecule has 15 heavy (non-hydrogen) atoms. The van der Waals surface area contributed by atoms with Crippen molar-refractivity contribution in [1.29, 1.82) is 0 Å². The Kier molecular flexibility index (Phi) is 5.38. The van der Waals surface area contributed by atoms with Gasteiger partial charge in [-0.1, -0.05) is 67.0 Å². The molecule has 0 amide bonds. The average Bonchev–Trinajstić information content (AvgIpc) is 2.26. The summed E-state index contributed by atoms with van der Waals surface area (Å²) in [5, 5.41) is 0. The molecule has 0 saturated heterocycles. The molecule has 1 heteroatoms. The molecule has 0 nitrogen and oxygen atoms in total. The van der Waals surface area contributed by atoms with Crippen LogP contribution in [0.3, 0.4) is 0 Å². The van der Waals surface area contributed by atoms with Gasteiger partial charge in [-0.3, -0.25) is 0 Å². The molecule has 0 aliphatic heterocycles. The fourth-order valence-corrected chi connectivity index (χ4v) is 2.12. The molecule has 2 unspecified atom stereocenters. The highest BCUT2D eigenvalue weighted by molar-refractivity contribution is 9.09. The summed E-state index contributed by atoms with van der Waals surface area (Å²) in [5.74, 6) is 1.46. The first-order valence-corrected chi connectivity index (χ1v) is 6.71. The van der Waals surface area contributed by atoms with Crippen molar-refractivity contribution in [3.63, 3.8) is 0 Å². The Labute approximate surface area is 102 Å². The fraction of sp³-hybridized carbons (Fsp3) is 0.571. The fourth-order valence-electron chi connectivity index (χ4n) is 1.86. The number of alkyl halides is 1. The van der Waals surface area contributed by atoms with E-state index in [0.717, 1.165) is 11.8 Å². The van der Waals surface area contributed by atoms with Gasteiger partial charge >= 0.3 is 0 Å². The van der Waals surface area contributed by atoms with Gasteiger partial charge in [0, 0.05) is 4.83 Å². The van der Waals surface area contributed by atoms with Gasteiger partial charge in [-0.2, -0.15) is 0 Å². The highest BCUT2D eigenvalue weighted by Crippen LogP contribution is 2.24. The van der Waals surface area contributed by atoms with Gasteiger partial charge < -0.3 is 0 Å². The van der Waals surface area contributed by atoms with Crippen molar-refractivity contribution in [2.45, 2.75) is 38.4 Å². The van der Waals surface area contributed by atoms with E-state index >= 15 is 0 Å². The van der Waals surface area contributed by atoms with Gasteiger partial charge in [-0.15, -0.1) is 0 Å². The number of aryl methyl sites for hydroxylation is 1. The zero-order valence-electron chi connectivity index (χ0n) is 9.91. The topological polar surface area (TPSA) is 0 Å². The molecular formula is C14H21Br. The maximum absolute atomic E-state index is 3.78. The quantitative estimate of drug-likeness (QED) is 0.681. The molecule has 1 aromatic carbocycles. The first kappa shape index (κ1) is 12.8. The van der Waals surface area contributed by atoms with Crippen LogP contribution in [0.15, 0.2) is 30.3 Å². The Hall–Kier alpha value is -0.300. The summed E-state index contributed by atoms with van der Waals surface area (Å²) in [4.78, 5) is 0.640. The molecule has 0 radical (unpaired) electrons. The lowest BCUT2D eigenvalue weighted by atomic mass is 9.93. The SMILES string of the molecule is CC(C)C(Br)C(C)CCc1ccccc1. The predicted molar refractivity (Wildman–Crippen MR) is 71.5 cm³/mol. The van der Waals surface area contributed by atoms with E-state index in [0.29, 0.717) is 4.83 Å². The van der Waals surface area contributed by atoms with Gasteiger partial charge in [-0.05, 0) is 30.2 Å². The summed E-state index contributed by atoms with van der Waals surface area (Å²) >= 11 is 3.78. The Balaban J connectivity index is 2.37. The van der Waals surface area contributed by atoms with Gasteiger partial charge in [0.1, 0.15) is 0 Å². The van der Waals surface area contributed by atoms with E-state index in [1.807, 2.05) is 0 Å². The molecule has 0 aliphatic carbocycles. The van der Waals surface area contributed by atoms with Gasteiger partial charge in [0.15, 0.2) is 0 Å². The van der Waals surface area contributed by atoms with E-state index in [-0.39, 0.29) is 0 Å². The summed E-state index contributed by atoms with van der Waals surface area (Å²) in [6, 6.07) is 10.7. The zero-order chi connectivity index (χ0) is 11.3. The molecule has 0 N–H and O–H groups in total. The van der Waals surface area contributed by atoms with Crippen molar-refractivity contribution in [3.8, 4) is 0 Å². The molecule has 0 bridgehead atoms. The lowest BCUT2D eigenvalue weighted by Gasteiger charge is -2.21. The normalized spacial score (nSPS) is 15.3. The number of rotatable bonds is 5. The number of halogens is 1. The van der Waals surface area contributed by atoms with Crippen molar-refractivity contribution < 1.29 is 0 Å². The first-order chi connectivity index (χ1) is 7.11. The van der Waals surface area contributed by atoms with E-state index in [1.54, 1.807) is 0 Å². The van der Waals surface area contributed by atoms with Crippen LogP contribution in [0.1, 0.15) is 32.8 Å². The molecule has 1 aromatic rings. The van der Waals surface area contributed by atoms with E-state index in [9.17, 15) is 0 Å². The molecule has 0 aliphatic rings. The minimum atomic E-state index is 0.640. The maximum atomic E-state index is 3.78. The second kappa shape index (κ2) is 6.32. The highest BCUT2D eigenvalue weighted by Gasteiger charge is 2.16. The monoisotopic (exact) mass is 268 g/mol. The minimum Gasteiger partial charge on any atom is -0.0885 e. The zero-order valence-corrected chi connectivity index (χ0v) is 11.5. The number of hydrogen-bond donors (Lipinski definition) is 0. The van der Waals surface area contributed by atoms with E-state index < -0.39 is 0 Å². The minimum absolute atomic E-state index is 0.640. The summed E-state index contributed by atoms with van der Waals surface area (Å²) in [6.45, 7) is 6.89. The molecule has 1 rings (SSSR count). The Bertz CT molecular complexity index is 266. The third-order valence-corrected chi connectivity index (χ3v) is 4.87. The predicted octanol–water partition coefficient (Wildman–Crippen LogP) is 4.67. The average molecular weight is 269 g/mol. The first-order valence-electron chi connectivity index (χ1n) is 5.79. The van der Waals surface area contributed by atoms with Gasteiger partial charge in [-0.25, -0.2) is 0 Å². The van der Waals surface area contributed by atoms with Crippen molar-refractivity contribution in [2.75, 3.05) is 0 Å². The van der Waals surface area contributed by atoms with Crippen LogP contribution in [0, 0.1) is 11.8 Å². The molecule has 0 aromatic heterocycles. The summed E-state index contributed by atoms with van der Waals surface area (Å²) in [6.07, 6.45) is 2.45.